The fourth-order valence-electron chi connectivity index (χ4n) is 4.86. The third kappa shape index (κ3) is 4.51. The van der Waals surface area contributed by atoms with E-state index in [4.69, 9.17) is 4.74 Å². The van der Waals surface area contributed by atoms with E-state index in [-0.39, 0.29) is 18.1 Å². The van der Waals surface area contributed by atoms with Crippen LogP contribution >= 0.6 is 11.8 Å². The predicted molar refractivity (Wildman–Crippen MR) is 139 cm³/mol. The first-order valence-corrected chi connectivity index (χ1v) is 12.7. The van der Waals surface area contributed by atoms with Gasteiger partial charge in [0.2, 0.25) is 5.91 Å². The van der Waals surface area contributed by atoms with Gasteiger partial charge in [-0.1, -0.05) is 54.2 Å². The summed E-state index contributed by atoms with van der Waals surface area (Å²) in [6.07, 6.45) is 0.183. The molecule has 1 fully saturated rings. The van der Waals surface area contributed by atoms with Gasteiger partial charge in [-0.3, -0.25) is 4.79 Å². The van der Waals surface area contributed by atoms with Crippen molar-refractivity contribution < 1.29 is 18.7 Å². The molecule has 0 radical (unpaired) electrons. The van der Waals surface area contributed by atoms with Crippen molar-refractivity contribution in [1.82, 2.24) is 9.80 Å². The highest BCUT2D eigenvalue weighted by atomic mass is 32.2. The lowest BCUT2D eigenvalue weighted by atomic mass is 9.94. The van der Waals surface area contributed by atoms with Gasteiger partial charge < -0.3 is 19.4 Å². The standard InChI is InChI=1S/C27H27FN4O3S/c1-18-24(26(34)35-2)25(19-8-4-3-5-9-19)32-20(17-36-27(32)29-18)16-23(33)31-14-12-30(13-15-31)22-11-7-6-10-21(22)28/h3-11,17,25H,12-16H2,1-2H3. The first-order chi connectivity index (χ1) is 17.5. The van der Waals surface area contributed by atoms with Crippen LogP contribution in [0, 0.1) is 5.82 Å². The zero-order valence-electron chi connectivity index (χ0n) is 20.2. The van der Waals surface area contributed by atoms with E-state index >= 15 is 0 Å². The van der Waals surface area contributed by atoms with Gasteiger partial charge in [0.15, 0.2) is 5.17 Å². The highest BCUT2D eigenvalue weighted by Gasteiger charge is 2.41. The van der Waals surface area contributed by atoms with E-state index < -0.39 is 12.0 Å². The molecule has 1 amide bonds. The van der Waals surface area contributed by atoms with Gasteiger partial charge in [-0.2, -0.15) is 0 Å². The van der Waals surface area contributed by atoms with Crippen LogP contribution in [0.25, 0.3) is 0 Å². The van der Waals surface area contributed by atoms with E-state index in [1.807, 2.05) is 63.4 Å². The maximum Gasteiger partial charge on any atom is 0.338 e. The number of halogens is 1. The number of esters is 1. The maximum absolute atomic E-state index is 14.2. The van der Waals surface area contributed by atoms with Crippen LogP contribution in [0.2, 0.25) is 0 Å². The minimum atomic E-state index is -0.434. The van der Waals surface area contributed by atoms with E-state index in [9.17, 15) is 14.0 Å². The molecule has 3 aliphatic heterocycles. The second kappa shape index (κ2) is 10.2. The third-order valence-electron chi connectivity index (χ3n) is 6.68. The summed E-state index contributed by atoms with van der Waals surface area (Å²) in [5, 5.41) is 2.68. The number of carbonyl (C=O) groups is 2. The smallest absolute Gasteiger partial charge is 0.338 e. The zero-order chi connectivity index (χ0) is 25.2. The number of methoxy groups -OCH3 is 1. The number of amides is 1. The molecule has 5 rings (SSSR count). The summed E-state index contributed by atoms with van der Waals surface area (Å²) < 4.78 is 19.3. The number of piperazine rings is 1. The minimum absolute atomic E-state index is 0.00557. The van der Waals surface area contributed by atoms with Crippen molar-refractivity contribution >= 4 is 34.5 Å². The van der Waals surface area contributed by atoms with Crippen LogP contribution in [-0.2, 0) is 14.3 Å². The number of fused-ring (bicyclic) bond motifs is 1. The lowest BCUT2D eigenvalue weighted by Crippen LogP contribution is -2.49. The van der Waals surface area contributed by atoms with Crippen LogP contribution < -0.4 is 4.90 Å². The highest BCUT2D eigenvalue weighted by molar-refractivity contribution is 8.16. The normalized spacial score (nSPS) is 19.6. The second-order valence-corrected chi connectivity index (χ2v) is 9.63. The van der Waals surface area contributed by atoms with Gasteiger partial charge in [-0.15, -0.1) is 0 Å². The molecule has 3 heterocycles. The molecule has 186 valence electrons. The molecule has 0 aliphatic carbocycles. The Morgan fingerprint density at radius 2 is 1.75 bits per heavy atom. The maximum atomic E-state index is 14.2. The van der Waals surface area contributed by atoms with Crippen molar-refractivity contribution in [2.75, 3.05) is 38.2 Å². The molecule has 2 aromatic rings. The van der Waals surface area contributed by atoms with Gasteiger partial charge in [-0.05, 0) is 30.0 Å². The first kappa shape index (κ1) is 24.1. The first-order valence-electron chi connectivity index (χ1n) is 11.8. The molecule has 1 saturated heterocycles. The van der Waals surface area contributed by atoms with E-state index in [0.29, 0.717) is 43.1 Å². The van der Waals surface area contributed by atoms with Crippen LogP contribution in [-0.4, -0.2) is 60.1 Å². The quantitative estimate of drug-likeness (QED) is 0.563. The van der Waals surface area contributed by atoms with Crippen molar-refractivity contribution in [1.29, 1.82) is 0 Å². The molecule has 0 spiro atoms. The molecule has 0 N–H and O–H groups in total. The number of allylic oxidation sites excluding steroid dienone is 1. The average molecular weight is 507 g/mol. The van der Waals surface area contributed by atoms with E-state index in [1.165, 1.54) is 24.9 Å². The van der Waals surface area contributed by atoms with Crippen LogP contribution in [0.5, 0.6) is 0 Å². The molecule has 36 heavy (non-hydrogen) atoms. The Kier molecular flexibility index (Phi) is 6.82. The summed E-state index contributed by atoms with van der Waals surface area (Å²) in [4.78, 5) is 36.6. The number of carbonyl (C=O) groups excluding carboxylic acids is 2. The summed E-state index contributed by atoms with van der Waals surface area (Å²) in [5.74, 6) is -0.691. The summed E-state index contributed by atoms with van der Waals surface area (Å²) in [5.41, 5.74) is 3.36. The lowest BCUT2D eigenvalue weighted by molar-refractivity contribution is -0.136. The van der Waals surface area contributed by atoms with Crippen molar-refractivity contribution in [3.8, 4) is 0 Å². The molecule has 1 atom stereocenters. The molecule has 0 saturated carbocycles. The largest absolute Gasteiger partial charge is 0.466 e. The SMILES string of the molecule is COC(=O)C1=C(C)N=C2SC=C(CC(=O)N3CCN(c4ccccc4F)CC3)N2C1c1ccccc1. The fraction of sp³-hybridized carbons (Fsp3) is 0.296. The number of hydrogen-bond donors (Lipinski definition) is 0. The molecule has 9 heteroatoms. The molecule has 0 bridgehead atoms. The van der Waals surface area contributed by atoms with Gasteiger partial charge >= 0.3 is 5.97 Å². The Morgan fingerprint density at radius 3 is 2.44 bits per heavy atom. The number of thioether (sulfide) groups is 1. The van der Waals surface area contributed by atoms with E-state index in [0.717, 1.165) is 16.4 Å². The average Bonchev–Trinajstić information content (AvgIpc) is 3.30. The Bertz CT molecular complexity index is 1270. The Labute approximate surface area is 213 Å². The van der Waals surface area contributed by atoms with Gasteiger partial charge in [0.1, 0.15) is 5.82 Å². The van der Waals surface area contributed by atoms with Crippen molar-refractivity contribution in [2.24, 2.45) is 4.99 Å². The number of anilines is 1. The number of amidine groups is 1. The fourth-order valence-corrected chi connectivity index (χ4v) is 5.83. The highest BCUT2D eigenvalue weighted by Crippen LogP contribution is 2.44. The summed E-state index contributed by atoms with van der Waals surface area (Å²) >= 11 is 1.45. The lowest BCUT2D eigenvalue weighted by Gasteiger charge is -2.38. The molecule has 3 aliphatic rings. The van der Waals surface area contributed by atoms with E-state index in [2.05, 4.69) is 4.99 Å². The Balaban J connectivity index is 1.33. The predicted octanol–water partition coefficient (Wildman–Crippen LogP) is 4.31. The summed E-state index contributed by atoms with van der Waals surface area (Å²) in [6, 6.07) is 16.0. The molecular formula is C27H27FN4O3S. The second-order valence-electron chi connectivity index (χ2n) is 8.79. The Morgan fingerprint density at radius 1 is 1.06 bits per heavy atom. The van der Waals surface area contributed by atoms with Gasteiger partial charge in [0, 0.05) is 31.9 Å². The number of benzene rings is 2. The van der Waals surface area contributed by atoms with Crippen molar-refractivity contribution in [3.05, 3.63) is 88.4 Å². The monoisotopic (exact) mass is 506 g/mol. The number of para-hydroxylation sites is 1. The topological polar surface area (TPSA) is 65.5 Å². The zero-order valence-corrected chi connectivity index (χ0v) is 21.0. The number of rotatable bonds is 5. The molecule has 0 aromatic heterocycles. The molecular weight excluding hydrogens is 479 g/mol. The van der Waals surface area contributed by atoms with Crippen LogP contribution in [0.15, 0.2) is 82.0 Å². The van der Waals surface area contributed by atoms with Crippen LogP contribution in [0.4, 0.5) is 10.1 Å². The number of ether oxygens (including phenoxy) is 1. The van der Waals surface area contributed by atoms with Gasteiger partial charge in [0.25, 0.3) is 0 Å². The van der Waals surface area contributed by atoms with Crippen molar-refractivity contribution in [2.45, 2.75) is 19.4 Å². The van der Waals surface area contributed by atoms with Crippen LogP contribution in [0.3, 0.4) is 0 Å². The number of nitrogens with zero attached hydrogens (tertiary/aromatic N) is 4. The summed E-state index contributed by atoms with van der Waals surface area (Å²) in [7, 11) is 1.36. The summed E-state index contributed by atoms with van der Waals surface area (Å²) in [6.45, 7) is 3.98. The molecule has 1 unspecified atom stereocenters. The minimum Gasteiger partial charge on any atom is -0.466 e. The van der Waals surface area contributed by atoms with Gasteiger partial charge in [0.05, 0.1) is 36.5 Å². The van der Waals surface area contributed by atoms with Crippen molar-refractivity contribution in [3.63, 3.8) is 0 Å². The Hall–Kier alpha value is -3.59. The van der Waals surface area contributed by atoms with Crippen LogP contribution in [0.1, 0.15) is 24.9 Å². The van der Waals surface area contributed by atoms with Gasteiger partial charge in [-0.25, -0.2) is 14.2 Å². The molecule has 2 aromatic carbocycles. The van der Waals surface area contributed by atoms with E-state index in [1.54, 1.807) is 12.1 Å². The third-order valence-corrected chi connectivity index (χ3v) is 7.57. The molecule has 7 nitrogen and oxygen atoms in total. The number of hydrogen-bond acceptors (Lipinski definition) is 7. The number of aliphatic imine (C=N–C) groups is 1.